The van der Waals surface area contributed by atoms with Gasteiger partial charge in [0.2, 0.25) is 0 Å². The van der Waals surface area contributed by atoms with Gasteiger partial charge < -0.3 is 14.3 Å². The topological polar surface area (TPSA) is 59.7 Å². The van der Waals surface area contributed by atoms with E-state index in [0.29, 0.717) is 12.2 Å². The Balaban J connectivity index is 2.83. The molecule has 0 spiro atoms. The highest BCUT2D eigenvalue weighted by Gasteiger charge is 2.11. The second-order valence-electron chi connectivity index (χ2n) is 3.38. The summed E-state index contributed by atoms with van der Waals surface area (Å²) in [5, 5.41) is 9.71. The number of unbranched alkanes of at least 4 members (excludes halogenated alkanes) is 1. The quantitative estimate of drug-likeness (QED) is 0.809. The van der Waals surface area contributed by atoms with Gasteiger partial charge in [0.25, 0.3) is 0 Å². The van der Waals surface area contributed by atoms with Gasteiger partial charge >= 0.3 is 5.63 Å². The average molecular weight is 212 g/mol. The molecule has 0 aliphatic heterocycles. The Hall–Kier alpha value is -1.29. The zero-order chi connectivity index (χ0) is 11.3. The molecule has 0 aliphatic rings. The number of hydrogen-bond acceptors (Lipinski definition) is 4. The van der Waals surface area contributed by atoms with Crippen molar-refractivity contribution in [2.75, 3.05) is 7.11 Å². The summed E-state index contributed by atoms with van der Waals surface area (Å²) in [5.74, 6) is 0.685. The first-order chi connectivity index (χ1) is 7.17. The van der Waals surface area contributed by atoms with Crippen LogP contribution >= 0.6 is 0 Å². The summed E-state index contributed by atoms with van der Waals surface area (Å²) >= 11 is 0. The Morgan fingerprint density at radius 2 is 2.27 bits per heavy atom. The summed E-state index contributed by atoms with van der Waals surface area (Å²) in [5.41, 5.74) is -0.500. The third-order valence-corrected chi connectivity index (χ3v) is 2.16. The van der Waals surface area contributed by atoms with Gasteiger partial charge in [-0.15, -0.1) is 0 Å². The van der Waals surface area contributed by atoms with E-state index in [2.05, 4.69) is 0 Å². The maximum Gasteiger partial charge on any atom is 0.339 e. The first-order valence-corrected chi connectivity index (χ1v) is 5.04. The molecular weight excluding hydrogens is 196 g/mol. The largest absolute Gasteiger partial charge is 0.496 e. The van der Waals surface area contributed by atoms with Crippen molar-refractivity contribution in [1.29, 1.82) is 0 Å². The molecule has 15 heavy (non-hydrogen) atoms. The molecule has 1 rings (SSSR count). The molecule has 0 aliphatic carbocycles. The zero-order valence-electron chi connectivity index (χ0n) is 9.03. The van der Waals surface area contributed by atoms with Crippen molar-refractivity contribution in [2.45, 2.75) is 32.3 Å². The number of aliphatic hydroxyl groups is 1. The normalized spacial score (nSPS) is 12.5. The zero-order valence-corrected chi connectivity index (χ0v) is 9.03. The van der Waals surface area contributed by atoms with Crippen LogP contribution < -0.4 is 10.4 Å². The van der Waals surface area contributed by atoms with Crippen LogP contribution in [0.15, 0.2) is 21.3 Å². The van der Waals surface area contributed by atoms with Gasteiger partial charge in [0.15, 0.2) is 0 Å². The van der Waals surface area contributed by atoms with Crippen LogP contribution in [0.25, 0.3) is 0 Å². The third-order valence-electron chi connectivity index (χ3n) is 2.16. The van der Waals surface area contributed by atoms with E-state index in [4.69, 9.17) is 9.15 Å². The Labute approximate surface area is 88.5 Å². The van der Waals surface area contributed by atoms with Crippen molar-refractivity contribution in [3.8, 4) is 5.75 Å². The molecule has 1 atom stereocenters. The van der Waals surface area contributed by atoms with E-state index < -0.39 is 11.7 Å². The molecule has 0 saturated carbocycles. The van der Waals surface area contributed by atoms with Gasteiger partial charge in [-0.2, -0.15) is 0 Å². The number of ether oxygens (including phenoxy) is 1. The lowest BCUT2D eigenvalue weighted by atomic mass is 10.1. The fourth-order valence-corrected chi connectivity index (χ4v) is 1.29. The van der Waals surface area contributed by atoms with Gasteiger partial charge in [0, 0.05) is 6.07 Å². The second-order valence-corrected chi connectivity index (χ2v) is 3.38. The van der Waals surface area contributed by atoms with Crippen molar-refractivity contribution < 1.29 is 14.3 Å². The molecule has 0 saturated heterocycles. The van der Waals surface area contributed by atoms with E-state index >= 15 is 0 Å². The summed E-state index contributed by atoms with van der Waals surface area (Å²) < 4.78 is 9.81. The van der Waals surface area contributed by atoms with Crippen LogP contribution in [-0.2, 0) is 0 Å². The second kappa shape index (κ2) is 5.56. The smallest absolute Gasteiger partial charge is 0.339 e. The van der Waals surface area contributed by atoms with Crippen LogP contribution in [0, 0.1) is 0 Å². The van der Waals surface area contributed by atoms with Crippen LogP contribution in [0.4, 0.5) is 0 Å². The molecule has 0 amide bonds. The minimum Gasteiger partial charge on any atom is -0.496 e. The Bertz CT molecular complexity index is 356. The molecule has 0 unspecified atom stereocenters. The maximum atomic E-state index is 11.1. The van der Waals surface area contributed by atoms with E-state index in [1.54, 1.807) is 6.07 Å². The molecule has 0 aromatic carbocycles. The van der Waals surface area contributed by atoms with E-state index in [1.807, 2.05) is 6.92 Å². The summed E-state index contributed by atoms with van der Waals surface area (Å²) in [6, 6.07) is 2.79. The van der Waals surface area contributed by atoms with Gasteiger partial charge in [-0.1, -0.05) is 19.8 Å². The van der Waals surface area contributed by atoms with Gasteiger partial charge in [0.05, 0.1) is 13.2 Å². The van der Waals surface area contributed by atoms with E-state index in [1.165, 1.54) is 13.2 Å². The highest BCUT2D eigenvalue weighted by Crippen LogP contribution is 2.21. The molecule has 1 N–H and O–H groups in total. The number of methoxy groups -OCH3 is 1. The van der Waals surface area contributed by atoms with Crippen LogP contribution in [0.2, 0.25) is 0 Å². The molecule has 4 heteroatoms. The lowest BCUT2D eigenvalue weighted by Crippen LogP contribution is -2.05. The standard InChI is InChI=1S/C11H16O4/c1-3-4-5-9(12)10-6-8(14-2)7-11(13)15-10/h6-7,9,12H,3-5H2,1-2H3/t9-/m1/s1. The average Bonchev–Trinajstić information content (AvgIpc) is 2.24. The van der Waals surface area contributed by atoms with Gasteiger partial charge in [-0.3, -0.25) is 0 Å². The predicted octanol–water partition coefficient (Wildman–Crippen LogP) is 1.87. The lowest BCUT2D eigenvalue weighted by Gasteiger charge is -2.09. The molecule has 0 fully saturated rings. The monoisotopic (exact) mass is 212 g/mol. The number of hydrogen-bond donors (Lipinski definition) is 1. The summed E-state index contributed by atoms with van der Waals surface area (Å²) in [6.07, 6.45) is 1.74. The molecule has 0 bridgehead atoms. The van der Waals surface area contributed by atoms with Crippen LogP contribution in [0.1, 0.15) is 38.1 Å². The van der Waals surface area contributed by atoms with E-state index in [9.17, 15) is 9.90 Å². The summed E-state index contributed by atoms with van der Waals surface area (Å²) in [6.45, 7) is 2.04. The van der Waals surface area contributed by atoms with Gasteiger partial charge in [-0.25, -0.2) is 4.79 Å². The SMILES string of the molecule is CCCC[C@@H](O)c1cc(OC)cc(=O)o1. The highest BCUT2D eigenvalue weighted by molar-refractivity contribution is 5.21. The lowest BCUT2D eigenvalue weighted by molar-refractivity contribution is 0.132. The van der Waals surface area contributed by atoms with Crippen molar-refractivity contribution >= 4 is 0 Å². The van der Waals surface area contributed by atoms with Crippen molar-refractivity contribution in [2.24, 2.45) is 0 Å². The maximum absolute atomic E-state index is 11.1. The molecule has 84 valence electrons. The van der Waals surface area contributed by atoms with Crippen molar-refractivity contribution in [3.05, 3.63) is 28.3 Å². The number of rotatable bonds is 5. The summed E-state index contributed by atoms with van der Waals surface area (Å²) in [7, 11) is 1.47. The highest BCUT2D eigenvalue weighted by atomic mass is 16.5. The predicted molar refractivity (Wildman–Crippen MR) is 56.0 cm³/mol. The van der Waals surface area contributed by atoms with Crippen molar-refractivity contribution in [3.63, 3.8) is 0 Å². The van der Waals surface area contributed by atoms with Crippen LogP contribution in [-0.4, -0.2) is 12.2 Å². The molecule has 1 aromatic heterocycles. The third kappa shape index (κ3) is 3.40. The number of aliphatic hydroxyl groups excluding tert-OH is 1. The molecule has 1 aromatic rings. The fraction of sp³-hybridized carbons (Fsp3) is 0.545. The Morgan fingerprint density at radius 1 is 1.53 bits per heavy atom. The first kappa shape index (κ1) is 11.8. The molecule has 0 radical (unpaired) electrons. The minimum atomic E-state index is -0.729. The molecule has 4 nitrogen and oxygen atoms in total. The molecular formula is C11H16O4. The van der Waals surface area contributed by atoms with E-state index in [-0.39, 0.29) is 5.76 Å². The van der Waals surface area contributed by atoms with Crippen LogP contribution in [0.3, 0.4) is 0 Å². The van der Waals surface area contributed by atoms with Gasteiger partial charge in [-0.05, 0) is 6.42 Å². The van der Waals surface area contributed by atoms with Crippen molar-refractivity contribution in [1.82, 2.24) is 0 Å². The Kier molecular flexibility index (Phi) is 4.37. The molecule has 1 heterocycles. The minimum absolute atomic E-state index is 0.271. The fourth-order valence-electron chi connectivity index (χ4n) is 1.29. The summed E-state index contributed by atoms with van der Waals surface area (Å²) in [4.78, 5) is 11.1. The first-order valence-electron chi connectivity index (χ1n) is 5.04. The Morgan fingerprint density at radius 3 is 2.87 bits per heavy atom. The van der Waals surface area contributed by atoms with Crippen LogP contribution in [0.5, 0.6) is 5.75 Å². The van der Waals surface area contributed by atoms with Gasteiger partial charge in [0.1, 0.15) is 17.6 Å². The van der Waals surface area contributed by atoms with E-state index in [0.717, 1.165) is 12.8 Å².